The largest absolute Gasteiger partial charge is 0.376 e. The molecule has 0 radical (unpaired) electrons. The summed E-state index contributed by atoms with van der Waals surface area (Å²) in [6, 6.07) is 8.55. The van der Waals surface area contributed by atoms with Crippen LogP contribution < -0.4 is 11.1 Å². The fraction of sp³-hybridized carbons (Fsp3) is 0.682. The summed E-state index contributed by atoms with van der Waals surface area (Å²) in [5, 5.41) is 3.12. The summed E-state index contributed by atoms with van der Waals surface area (Å²) in [4.78, 5) is 14.9. The average Bonchev–Trinajstić information content (AvgIpc) is 2.67. The summed E-state index contributed by atoms with van der Waals surface area (Å²) in [6.07, 6.45) is 6.72. The molecule has 1 amide bonds. The molecule has 166 valence electrons. The monoisotopic (exact) mass is 445 g/mol. The SMILES string of the molecule is CC1CN(Cc2cccc(CNC(=O)CC3(CN)CCCCC3)c2)CCO1.Cl.Cl. The number of benzene rings is 1. The van der Waals surface area contributed by atoms with E-state index in [0.29, 0.717) is 25.6 Å². The summed E-state index contributed by atoms with van der Waals surface area (Å²) in [6.45, 7) is 7.03. The van der Waals surface area contributed by atoms with Gasteiger partial charge in [0.15, 0.2) is 0 Å². The van der Waals surface area contributed by atoms with E-state index < -0.39 is 0 Å². The Morgan fingerprint density at radius 2 is 1.97 bits per heavy atom. The molecule has 1 atom stereocenters. The van der Waals surface area contributed by atoms with Crippen LogP contribution in [0.5, 0.6) is 0 Å². The molecular weight excluding hydrogens is 409 g/mol. The lowest BCUT2D eigenvalue weighted by molar-refractivity contribution is -0.124. The molecule has 2 aliphatic rings. The van der Waals surface area contributed by atoms with Crippen LogP contribution in [0.15, 0.2) is 24.3 Å². The Balaban J connectivity index is 0.00000210. The van der Waals surface area contributed by atoms with Gasteiger partial charge in [-0.25, -0.2) is 0 Å². The molecule has 1 aliphatic carbocycles. The molecule has 1 unspecified atom stereocenters. The molecule has 1 saturated carbocycles. The van der Waals surface area contributed by atoms with E-state index >= 15 is 0 Å². The number of nitrogens with two attached hydrogens (primary N) is 1. The van der Waals surface area contributed by atoms with Crippen molar-refractivity contribution >= 4 is 30.7 Å². The van der Waals surface area contributed by atoms with Crippen molar-refractivity contribution in [2.45, 2.75) is 64.6 Å². The molecule has 5 nitrogen and oxygen atoms in total. The minimum atomic E-state index is 0. The van der Waals surface area contributed by atoms with Gasteiger partial charge in [-0.15, -0.1) is 24.8 Å². The first kappa shape index (κ1) is 26.2. The van der Waals surface area contributed by atoms with E-state index in [0.717, 1.165) is 44.6 Å². The molecule has 1 aromatic carbocycles. The van der Waals surface area contributed by atoms with Crippen molar-refractivity contribution in [3.05, 3.63) is 35.4 Å². The van der Waals surface area contributed by atoms with Gasteiger partial charge in [0.1, 0.15) is 0 Å². The van der Waals surface area contributed by atoms with Crippen molar-refractivity contribution in [1.29, 1.82) is 0 Å². The maximum absolute atomic E-state index is 12.5. The van der Waals surface area contributed by atoms with E-state index in [1.54, 1.807) is 0 Å². The standard InChI is InChI=1S/C22H35N3O2.2ClH/c1-18-15-25(10-11-27-18)16-20-7-5-6-19(12-20)14-24-21(26)13-22(17-23)8-3-2-4-9-22;;/h5-7,12,18H,2-4,8-11,13-17,23H2,1H3,(H,24,26);2*1H. The van der Waals surface area contributed by atoms with Gasteiger partial charge >= 0.3 is 0 Å². The average molecular weight is 446 g/mol. The van der Waals surface area contributed by atoms with Gasteiger partial charge in [-0.2, -0.15) is 0 Å². The molecule has 3 rings (SSSR count). The minimum Gasteiger partial charge on any atom is -0.376 e. The normalized spacial score (nSPS) is 21.5. The summed E-state index contributed by atoms with van der Waals surface area (Å²) >= 11 is 0. The van der Waals surface area contributed by atoms with Crippen LogP contribution in [0.1, 0.15) is 56.6 Å². The van der Waals surface area contributed by atoms with E-state index in [1.807, 2.05) is 0 Å². The smallest absolute Gasteiger partial charge is 0.220 e. The third-order valence-corrected chi connectivity index (χ3v) is 6.10. The minimum absolute atomic E-state index is 0. The summed E-state index contributed by atoms with van der Waals surface area (Å²) in [5.74, 6) is 0.134. The highest BCUT2D eigenvalue weighted by atomic mass is 35.5. The Bertz CT molecular complexity index is 624. The number of carbonyl (C=O) groups excluding carboxylic acids is 1. The van der Waals surface area contributed by atoms with Crippen LogP contribution in [0.4, 0.5) is 0 Å². The number of carbonyl (C=O) groups is 1. The highest BCUT2D eigenvalue weighted by molar-refractivity contribution is 5.85. The van der Waals surface area contributed by atoms with Crippen LogP contribution in [0.25, 0.3) is 0 Å². The van der Waals surface area contributed by atoms with Crippen molar-refractivity contribution in [1.82, 2.24) is 10.2 Å². The molecule has 2 fully saturated rings. The van der Waals surface area contributed by atoms with Crippen LogP contribution >= 0.6 is 24.8 Å². The first-order chi connectivity index (χ1) is 13.1. The molecule has 0 bridgehead atoms. The number of morpholine rings is 1. The third kappa shape index (κ3) is 8.06. The number of nitrogens with zero attached hydrogens (tertiary/aromatic N) is 1. The van der Waals surface area contributed by atoms with Gasteiger partial charge in [0.05, 0.1) is 12.7 Å². The van der Waals surface area contributed by atoms with Crippen molar-refractivity contribution in [3.8, 4) is 0 Å². The van der Waals surface area contributed by atoms with E-state index in [9.17, 15) is 4.79 Å². The Morgan fingerprint density at radius 1 is 1.24 bits per heavy atom. The second kappa shape index (κ2) is 12.8. The van der Waals surface area contributed by atoms with Crippen LogP contribution in [0.3, 0.4) is 0 Å². The van der Waals surface area contributed by atoms with Gasteiger partial charge in [-0.3, -0.25) is 9.69 Å². The third-order valence-electron chi connectivity index (χ3n) is 6.10. The zero-order valence-corrected chi connectivity index (χ0v) is 19.2. The van der Waals surface area contributed by atoms with Crippen molar-refractivity contribution in [2.24, 2.45) is 11.1 Å². The van der Waals surface area contributed by atoms with Gasteiger partial charge in [0.25, 0.3) is 0 Å². The molecule has 3 N–H and O–H groups in total. The number of rotatable bonds is 7. The zero-order chi connectivity index (χ0) is 19.1. The van der Waals surface area contributed by atoms with E-state index in [1.165, 1.54) is 24.8 Å². The molecule has 1 saturated heterocycles. The second-order valence-electron chi connectivity index (χ2n) is 8.45. The summed E-state index contributed by atoms with van der Waals surface area (Å²) < 4.78 is 5.62. The van der Waals surface area contributed by atoms with E-state index in [4.69, 9.17) is 10.5 Å². The van der Waals surface area contributed by atoms with Gasteiger partial charge in [0, 0.05) is 32.6 Å². The second-order valence-corrected chi connectivity index (χ2v) is 8.45. The van der Waals surface area contributed by atoms with Gasteiger partial charge in [-0.1, -0.05) is 43.5 Å². The predicted molar refractivity (Wildman–Crippen MR) is 123 cm³/mol. The number of hydrogen-bond donors (Lipinski definition) is 2. The van der Waals surface area contributed by atoms with Crippen LogP contribution in [-0.2, 0) is 22.6 Å². The van der Waals surface area contributed by atoms with Crippen LogP contribution in [0, 0.1) is 5.41 Å². The number of amides is 1. The molecule has 7 heteroatoms. The molecule has 1 aromatic rings. The van der Waals surface area contributed by atoms with Crippen molar-refractivity contribution in [3.63, 3.8) is 0 Å². The number of hydrogen-bond acceptors (Lipinski definition) is 4. The predicted octanol–water partition coefficient (Wildman–Crippen LogP) is 3.67. The highest BCUT2D eigenvalue weighted by Crippen LogP contribution is 2.38. The number of nitrogens with one attached hydrogen (secondary N) is 1. The topological polar surface area (TPSA) is 67.6 Å². The Morgan fingerprint density at radius 3 is 2.66 bits per heavy atom. The summed E-state index contributed by atoms with van der Waals surface area (Å²) in [7, 11) is 0. The molecule has 1 heterocycles. The fourth-order valence-corrected chi connectivity index (χ4v) is 4.49. The lowest BCUT2D eigenvalue weighted by Gasteiger charge is -2.35. The van der Waals surface area contributed by atoms with Gasteiger partial charge in [-0.05, 0) is 42.9 Å². The Labute approximate surface area is 187 Å². The van der Waals surface area contributed by atoms with Crippen LogP contribution in [0.2, 0.25) is 0 Å². The Kier molecular flexibility index (Phi) is 11.5. The maximum atomic E-state index is 12.5. The van der Waals surface area contributed by atoms with Gasteiger partial charge < -0.3 is 15.8 Å². The van der Waals surface area contributed by atoms with E-state index in [2.05, 4.69) is 41.4 Å². The number of ether oxygens (including phenoxy) is 1. The zero-order valence-electron chi connectivity index (χ0n) is 17.5. The first-order valence-corrected chi connectivity index (χ1v) is 10.5. The molecule has 0 spiro atoms. The number of halogens is 2. The molecule has 1 aliphatic heterocycles. The lowest BCUT2D eigenvalue weighted by atomic mass is 9.71. The molecule has 29 heavy (non-hydrogen) atoms. The quantitative estimate of drug-likeness (QED) is 0.671. The first-order valence-electron chi connectivity index (χ1n) is 10.5. The van der Waals surface area contributed by atoms with E-state index in [-0.39, 0.29) is 36.1 Å². The van der Waals surface area contributed by atoms with Crippen molar-refractivity contribution < 1.29 is 9.53 Å². The van der Waals surface area contributed by atoms with Crippen molar-refractivity contribution in [2.75, 3.05) is 26.2 Å². The Hall–Kier alpha value is -0.850. The lowest BCUT2D eigenvalue weighted by Crippen LogP contribution is -2.40. The van der Waals surface area contributed by atoms with Crippen LogP contribution in [-0.4, -0.2) is 43.2 Å². The van der Waals surface area contributed by atoms with Gasteiger partial charge in [0.2, 0.25) is 5.91 Å². The molecule has 0 aromatic heterocycles. The summed E-state index contributed by atoms with van der Waals surface area (Å²) in [5.41, 5.74) is 8.50. The highest BCUT2D eigenvalue weighted by Gasteiger charge is 2.32. The fourth-order valence-electron chi connectivity index (χ4n) is 4.49. The molecular formula is C22H37Cl2N3O2. The maximum Gasteiger partial charge on any atom is 0.220 e.